The molecule has 0 spiro atoms. The Morgan fingerprint density at radius 2 is 0.946 bits per heavy atom. The summed E-state index contributed by atoms with van der Waals surface area (Å²) < 4.78 is 11.2. The summed E-state index contributed by atoms with van der Waals surface area (Å²) in [6, 6.07) is 30.9. The molecule has 0 aromatic heterocycles. The van der Waals surface area contributed by atoms with Crippen molar-refractivity contribution in [2.45, 2.75) is 59.3 Å². The third kappa shape index (κ3) is 5.61. The predicted molar refractivity (Wildman–Crippen MR) is 151 cm³/mol. The summed E-state index contributed by atoms with van der Waals surface area (Å²) in [7, 11) is 0. The SMILES string of the molecule is Cc1ccc(C(C)(C)c2ccc(OC(=O)Oc3ccc(C(C)(C)c4ccccc4)cc3C)c(C)c2)cc1. The molecule has 3 heteroatoms. The van der Waals surface area contributed by atoms with Crippen LogP contribution in [-0.2, 0) is 10.8 Å². The molecule has 0 unspecified atom stereocenters. The third-order valence-electron chi connectivity index (χ3n) is 7.45. The van der Waals surface area contributed by atoms with E-state index in [2.05, 4.69) is 95.3 Å². The minimum Gasteiger partial charge on any atom is -0.394 e. The van der Waals surface area contributed by atoms with Gasteiger partial charge < -0.3 is 9.47 Å². The van der Waals surface area contributed by atoms with E-state index in [9.17, 15) is 4.79 Å². The number of rotatable bonds is 6. The number of benzene rings is 4. The molecule has 0 fully saturated rings. The van der Waals surface area contributed by atoms with E-state index in [1.54, 1.807) is 0 Å². The lowest BCUT2D eigenvalue weighted by atomic mass is 9.77. The Hall–Kier alpha value is -3.85. The highest BCUT2D eigenvalue weighted by molar-refractivity contribution is 5.68. The summed E-state index contributed by atoms with van der Waals surface area (Å²) in [4.78, 5) is 12.7. The van der Waals surface area contributed by atoms with Crippen molar-refractivity contribution in [2.75, 3.05) is 0 Å². The first kappa shape index (κ1) is 26.2. The maximum Gasteiger partial charge on any atom is 0.519 e. The van der Waals surface area contributed by atoms with E-state index in [0.29, 0.717) is 11.5 Å². The van der Waals surface area contributed by atoms with Crippen LogP contribution in [0.25, 0.3) is 0 Å². The molecule has 4 aromatic carbocycles. The van der Waals surface area contributed by atoms with Gasteiger partial charge in [0.05, 0.1) is 0 Å². The van der Waals surface area contributed by atoms with Gasteiger partial charge in [0.25, 0.3) is 0 Å². The first-order valence-electron chi connectivity index (χ1n) is 12.7. The van der Waals surface area contributed by atoms with Gasteiger partial charge in [0.15, 0.2) is 0 Å². The number of carbonyl (C=O) groups excluding carboxylic acids is 1. The molecule has 0 N–H and O–H groups in total. The van der Waals surface area contributed by atoms with Gasteiger partial charge >= 0.3 is 6.16 Å². The molecule has 3 nitrogen and oxygen atoms in total. The fourth-order valence-electron chi connectivity index (χ4n) is 4.66. The fraction of sp³-hybridized carbons (Fsp3) is 0.265. The Balaban J connectivity index is 1.47. The second kappa shape index (κ2) is 10.3. The smallest absolute Gasteiger partial charge is 0.394 e. The minimum atomic E-state index is -0.744. The predicted octanol–water partition coefficient (Wildman–Crippen LogP) is 8.84. The van der Waals surface area contributed by atoms with E-state index < -0.39 is 6.16 Å². The third-order valence-corrected chi connectivity index (χ3v) is 7.45. The summed E-state index contributed by atoms with van der Waals surface area (Å²) in [6.07, 6.45) is -0.744. The summed E-state index contributed by atoms with van der Waals surface area (Å²) >= 11 is 0. The average molecular weight is 493 g/mol. The van der Waals surface area contributed by atoms with Crippen LogP contribution in [0.15, 0.2) is 91.0 Å². The van der Waals surface area contributed by atoms with Crippen LogP contribution in [-0.4, -0.2) is 6.16 Å². The van der Waals surface area contributed by atoms with Gasteiger partial charge in [-0.3, -0.25) is 0 Å². The Bertz CT molecular complexity index is 1400. The van der Waals surface area contributed by atoms with Crippen LogP contribution < -0.4 is 9.47 Å². The van der Waals surface area contributed by atoms with E-state index in [1.807, 2.05) is 44.2 Å². The molecule has 190 valence electrons. The molecule has 0 aliphatic heterocycles. The van der Waals surface area contributed by atoms with Crippen molar-refractivity contribution in [2.24, 2.45) is 0 Å². The molecule has 0 radical (unpaired) electrons. The van der Waals surface area contributed by atoms with Gasteiger partial charge in [0, 0.05) is 10.8 Å². The van der Waals surface area contributed by atoms with E-state index in [-0.39, 0.29) is 10.8 Å². The lowest BCUT2D eigenvalue weighted by Gasteiger charge is -2.27. The number of aryl methyl sites for hydroxylation is 3. The second-order valence-corrected chi connectivity index (χ2v) is 10.9. The molecule has 4 rings (SSSR count). The largest absolute Gasteiger partial charge is 0.519 e. The van der Waals surface area contributed by atoms with E-state index in [1.165, 1.54) is 16.7 Å². The first-order valence-corrected chi connectivity index (χ1v) is 12.7. The monoisotopic (exact) mass is 492 g/mol. The molecule has 0 heterocycles. The Morgan fingerprint density at radius 3 is 1.38 bits per heavy atom. The molecule has 0 amide bonds. The highest BCUT2D eigenvalue weighted by Crippen LogP contribution is 2.35. The number of hydrogen-bond donors (Lipinski definition) is 0. The van der Waals surface area contributed by atoms with E-state index in [4.69, 9.17) is 9.47 Å². The van der Waals surface area contributed by atoms with Crippen LogP contribution in [0.1, 0.15) is 66.6 Å². The Labute approximate surface area is 221 Å². The maximum absolute atomic E-state index is 12.7. The second-order valence-electron chi connectivity index (χ2n) is 10.9. The van der Waals surface area contributed by atoms with Crippen LogP contribution >= 0.6 is 0 Å². The molecular formula is C34H36O3. The van der Waals surface area contributed by atoms with Crippen molar-refractivity contribution in [3.63, 3.8) is 0 Å². The van der Waals surface area contributed by atoms with Crippen molar-refractivity contribution < 1.29 is 14.3 Å². The number of carbonyl (C=O) groups is 1. The van der Waals surface area contributed by atoms with Crippen LogP contribution in [0.5, 0.6) is 11.5 Å². The van der Waals surface area contributed by atoms with Crippen molar-refractivity contribution in [1.82, 2.24) is 0 Å². The van der Waals surface area contributed by atoms with E-state index in [0.717, 1.165) is 22.3 Å². The van der Waals surface area contributed by atoms with Crippen LogP contribution in [0.4, 0.5) is 4.79 Å². The van der Waals surface area contributed by atoms with Gasteiger partial charge in [-0.25, -0.2) is 4.79 Å². The van der Waals surface area contributed by atoms with Crippen molar-refractivity contribution in [3.8, 4) is 11.5 Å². The number of ether oxygens (including phenoxy) is 2. The van der Waals surface area contributed by atoms with E-state index >= 15 is 0 Å². The zero-order valence-corrected chi connectivity index (χ0v) is 22.9. The summed E-state index contributed by atoms with van der Waals surface area (Å²) in [5.41, 5.74) is 7.42. The zero-order chi connectivity index (χ0) is 26.8. The maximum atomic E-state index is 12.7. The molecular weight excluding hydrogens is 456 g/mol. The highest BCUT2D eigenvalue weighted by Gasteiger charge is 2.25. The van der Waals surface area contributed by atoms with Gasteiger partial charge in [0.2, 0.25) is 0 Å². The summed E-state index contributed by atoms with van der Waals surface area (Å²) in [6.45, 7) is 14.8. The van der Waals surface area contributed by atoms with Gasteiger partial charge in [-0.1, -0.05) is 112 Å². The quantitative estimate of drug-likeness (QED) is 0.199. The standard InChI is InChI=1S/C34H36O3/c1-23-13-15-27(16-14-23)34(6,7)29-18-20-31(25(3)22-29)37-32(35)36-30-19-17-28(21-24(30)2)33(4,5)26-11-9-8-10-12-26/h8-22H,1-7H3. The van der Waals surface area contributed by atoms with Gasteiger partial charge in [0.1, 0.15) is 11.5 Å². The lowest BCUT2D eigenvalue weighted by Crippen LogP contribution is -2.20. The molecule has 0 bridgehead atoms. The Kier molecular flexibility index (Phi) is 7.27. The van der Waals surface area contributed by atoms with Crippen molar-refractivity contribution in [3.05, 3.63) is 130 Å². The average Bonchev–Trinajstić information content (AvgIpc) is 2.87. The van der Waals surface area contributed by atoms with Crippen LogP contribution in [0.2, 0.25) is 0 Å². The highest BCUT2D eigenvalue weighted by atomic mass is 16.7. The van der Waals surface area contributed by atoms with Crippen molar-refractivity contribution in [1.29, 1.82) is 0 Å². The fourth-order valence-corrected chi connectivity index (χ4v) is 4.66. The van der Waals surface area contributed by atoms with Gasteiger partial charge in [-0.2, -0.15) is 0 Å². The molecule has 0 atom stereocenters. The van der Waals surface area contributed by atoms with Gasteiger partial charge in [-0.15, -0.1) is 0 Å². The van der Waals surface area contributed by atoms with Crippen LogP contribution in [0.3, 0.4) is 0 Å². The summed E-state index contributed by atoms with van der Waals surface area (Å²) in [5, 5.41) is 0. The minimum absolute atomic E-state index is 0.170. The summed E-state index contributed by atoms with van der Waals surface area (Å²) in [5.74, 6) is 0.986. The molecule has 0 saturated heterocycles. The lowest BCUT2D eigenvalue weighted by molar-refractivity contribution is 0.151. The Morgan fingerprint density at radius 1 is 0.541 bits per heavy atom. The number of hydrogen-bond acceptors (Lipinski definition) is 3. The van der Waals surface area contributed by atoms with Crippen LogP contribution in [0, 0.1) is 20.8 Å². The topological polar surface area (TPSA) is 35.5 Å². The normalized spacial score (nSPS) is 11.8. The van der Waals surface area contributed by atoms with Crippen molar-refractivity contribution >= 4 is 6.16 Å². The molecule has 4 aromatic rings. The molecule has 0 aliphatic carbocycles. The molecule has 0 aliphatic rings. The zero-order valence-electron chi connectivity index (χ0n) is 22.9. The van der Waals surface area contributed by atoms with Gasteiger partial charge in [-0.05, 0) is 66.3 Å². The first-order chi connectivity index (χ1) is 17.5. The molecule has 37 heavy (non-hydrogen) atoms. The molecule has 0 saturated carbocycles.